The quantitative estimate of drug-likeness (QED) is 0.125. The van der Waals surface area contributed by atoms with Gasteiger partial charge >= 0.3 is 0 Å². The van der Waals surface area contributed by atoms with Gasteiger partial charge in [0.15, 0.2) is 0 Å². The van der Waals surface area contributed by atoms with Crippen LogP contribution in [-0.2, 0) is 10.1 Å². The molecule has 240 valence electrons. The van der Waals surface area contributed by atoms with Crippen molar-refractivity contribution >= 4 is 10.1 Å². The molecule has 0 heterocycles. The van der Waals surface area contributed by atoms with Crippen molar-refractivity contribution in [2.24, 2.45) is 58.0 Å². The van der Waals surface area contributed by atoms with Gasteiger partial charge < -0.3 is 16.4 Å². The minimum absolute atomic E-state index is 0.0469. The summed E-state index contributed by atoms with van der Waals surface area (Å²) in [5, 5.41) is 6.86. The van der Waals surface area contributed by atoms with E-state index >= 15 is 0 Å². The van der Waals surface area contributed by atoms with E-state index in [-0.39, 0.29) is 5.92 Å². The van der Waals surface area contributed by atoms with Crippen LogP contribution in [0, 0.1) is 52.3 Å². The minimum Gasteiger partial charge on any atom is -0.330 e. The van der Waals surface area contributed by atoms with E-state index in [1.54, 1.807) is 0 Å². The third kappa shape index (κ3) is 7.54. The van der Waals surface area contributed by atoms with Gasteiger partial charge in [0.1, 0.15) is 0 Å². The second kappa shape index (κ2) is 14.3. The summed E-state index contributed by atoms with van der Waals surface area (Å²) in [5.41, 5.74) is 6.49. The lowest BCUT2D eigenvalue weighted by molar-refractivity contribution is -0.118. The van der Waals surface area contributed by atoms with E-state index in [4.69, 9.17) is 5.73 Å². The molecule has 0 bridgehead atoms. The van der Waals surface area contributed by atoms with E-state index < -0.39 is 15.4 Å². The molecule has 5 N–H and O–H groups in total. The zero-order chi connectivity index (χ0) is 29.8. The summed E-state index contributed by atoms with van der Waals surface area (Å²) in [6.07, 6.45) is 17.3. The molecule has 0 aromatic heterocycles. The van der Waals surface area contributed by atoms with E-state index in [1.165, 1.54) is 70.6 Å². The molecule has 4 saturated carbocycles. The molecule has 4 aliphatic rings. The predicted octanol–water partition coefficient (Wildman–Crippen LogP) is 6.65. The van der Waals surface area contributed by atoms with Gasteiger partial charge in [-0.3, -0.25) is 4.55 Å². The Hall–Kier alpha value is -0.210. The highest BCUT2D eigenvalue weighted by atomic mass is 32.2. The summed E-state index contributed by atoms with van der Waals surface area (Å²) in [4.78, 5) is 0. The van der Waals surface area contributed by atoms with Gasteiger partial charge in [-0.15, -0.1) is 0 Å². The highest BCUT2D eigenvalue weighted by molar-refractivity contribution is 7.86. The molecule has 10 atom stereocenters. The molecule has 41 heavy (non-hydrogen) atoms. The number of rotatable bonds is 15. The average molecular weight is 596 g/mol. The third-order valence-electron chi connectivity index (χ3n) is 13.2. The first-order valence-electron chi connectivity index (χ1n) is 17.5. The van der Waals surface area contributed by atoms with E-state index in [0.29, 0.717) is 35.1 Å². The number of nitrogens with two attached hydrogens (primary N) is 1. The Morgan fingerprint density at radius 2 is 1.56 bits per heavy atom. The van der Waals surface area contributed by atoms with Crippen LogP contribution >= 0.6 is 0 Å². The second-order valence-electron chi connectivity index (χ2n) is 15.8. The van der Waals surface area contributed by atoms with Crippen LogP contribution < -0.4 is 16.4 Å². The number of hydrogen-bond acceptors (Lipinski definition) is 5. The second-order valence-corrected chi connectivity index (χ2v) is 17.4. The first-order chi connectivity index (χ1) is 19.4. The van der Waals surface area contributed by atoms with Gasteiger partial charge in [-0.2, -0.15) is 8.42 Å². The maximum Gasteiger partial charge on any atom is 0.268 e. The number of unbranched alkanes of at least 4 members (excludes halogenated alkanes) is 1. The predicted molar refractivity (Wildman–Crippen MR) is 171 cm³/mol. The molecule has 6 unspecified atom stereocenters. The minimum atomic E-state index is -3.98. The van der Waals surface area contributed by atoms with Gasteiger partial charge in [0.05, 0.1) is 5.25 Å². The SMILES string of the molecule is CC(C)C(CC[C@@H](C)C1CCC2C3CCC4C[C@@H](NCCCNCCCCN)CC[C@]4(C)C3CC[C@@]21C)S(=O)(=O)O. The smallest absolute Gasteiger partial charge is 0.268 e. The van der Waals surface area contributed by atoms with Crippen molar-refractivity contribution in [3.63, 3.8) is 0 Å². The van der Waals surface area contributed by atoms with E-state index in [2.05, 4.69) is 31.4 Å². The van der Waals surface area contributed by atoms with Crippen molar-refractivity contribution in [2.45, 2.75) is 136 Å². The maximum absolute atomic E-state index is 12.0. The molecule has 0 amide bonds. The lowest BCUT2D eigenvalue weighted by Gasteiger charge is -2.61. The highest BCUT2D eigenvalue weighted by Crippen LogP contribution is 2.68. The van der Waals surface area contributed by atoms with Gasteiger partial charge in [-0.1, -0.05) is 34.6 Å². The molecule has 0 aromatic rings. The fraction of sp³-hybridized carbons (Fsp3) is 1.00. The van der Waals surface area contributed by atoms with Crippen LogP contribution in [0.4, 0.5) is 0 Å². The molecule has 0 aromatic carbocycles. The van der Waals surface area contributed by atoms with Gasteiger partial charge in [0, 0.05) is 6.04 Å². The van der Waals surface area contributed by atoms with Crippen molar-refractivity contribution in [3.05, 3.63) is 0 Å². The molecule has 4 aliphatic carbocycles. The summed E-state index contributed by atoms with van der Waals surface area (Å²) in [6, 6.07) is 0.699. The molecule has 0 radical (unpaired) electrons. The van der Waals surface area contributed by atoms with Crippen LogP contribution in [-0.4, -0.2) is 50.4 Å². The number of fused-ring (bicyclic) bond motifs is 5. The van der Waals surface area contributed by atoms with Crippen molar-refractivity contribution in [3.8, 4) is 0 Å². The maximum atomic E-state index is 12.0. The van der Waals surface area contributed by atoms with Crippen LogP contribution in [0.3, 0.4) is 0 Å². The lowest BCUT2D eigenvalue weighted by Crippen LogP contribution is -2.55. The van der Waals surface area contributed by atoms with Crippen molar-refractivity contribution < 1.29 is 13.0 Å². The molecule has 0 spiro atoms. The summed E-state index contributed by atoms with van der Waals surface area (Å²) in [5.74, 6) is 4.62. The summed E-state index contributed by atoms with van der Waals surface area (Å²) >= 11 is 0. The van der Waals surface area contributed by atoms with Crippen molar-refractivity contribution in [1.29, 1.82) is 0 Å². The first-order valence-corrected chi connectivity index (χ1v) is 19.0. The van der Waals surface area contributed by atoms with Crippen LogP contribution in [0.25, 0.3) is 0 Å². The standard InChI is InChI=1S/C34H65N3O3S/c1-24(2)32(41(38,39)40)14-9-25(3)29-12-13-30-28-11-10-26-23-27(37-22-8-21-36-20-7-6-19-35)15-17-33(26,4)31(28)16-18-34(29,30)5/h24-32,36-37H,6-23,35H2,1-5H3,(H,38,39,40)/t25-,26?,27+,28?,29?,30?,31?,32?,33+,34-/m1/s1. The molecular formula is C34H65N3O3S. The number of nitrogens with one attached hydrogen (secondary N) is 2. The molecule has 0 aliphatic heterocycles. The Bertz CT molecular complexity index is 928. The molecule has 7 heteroatoms. The van der Waals surface area contributed by atoms with Gasteiger partial charge in [0.25, 0.3) is 10.1 Å². The Morgan fingerprint density at radius 3 is 2.27 bits per heavy atom. The van der Waals surface area contributed by atoms with E-state index in [0.717, 1.165) is 62.7 Å². The monoisotopic (exact) mass is 595 g/mol. The van der Waals surface area contributed by atoms with Gasteiger partial charge in [-0.25, -0.2) is 0 Å². The molecule has 4 fully saturated rings. The van der Waals surface area contributed by atoms with E-state index in [1.807, 2.05) is 13.8 Å². The van der Waals surface area contributed by atoms with Crippen LogP contribution in [0.2, 0.25) is 0 Å². The Balaban J connectivity index is 1.29. The summed E-state index contributed by atoms with van der Waals surface area (Å²) < 4.78 is 33.8. The molecular weight excluding hydrogens is 530 g/mol. The number of hydrogen-bond donors (Lipinski definition) is 4. The normalized spacial score (nSPS) is 38.7. The van der Waals surface area contributed by atoms with Crippen LogP contribution in [0.15, 0.2) is 0 Å². The van der Waals surface area contributed by atoms with Gasteiger partial charge in [-0.05, 0) is 168 Å². The molecule has 4 rings (SSSR count). The zero-order valence-electron chi connectivity index (χ0n) is 27.2. The van der Waals surface area contributed by atoms with E-state index in [9.17, 15) is 13.0 Å². The van der Waals surface area contributed by atoms with Gasteiger partial charge in [0.2, 0.25) is 0 Å². The highest BCUT2D eigenvalue weighted by Gasteiger charge is 2.60. The topological polar surface area (TPSA) is 104 Å². The zero-order valence-corrected chi connectivity index (χ0v) is 28.0. The Labute approximate surface area is 253 Å². The molecule has 0 saturated heterocycles. The van der Waals surface area contributed by atoms with Crippen molar-refractivity contribution in [2.75, 3.05) is 26.2 Å². The molecule has 6 nitrogen and oxygen atoms in total. The fourth-order valence-corrected chi connectivity index (χ4v) is 12.0. The van der Waals surface area contributed by atoms with Crippen LogP contribution in [0.5, 0.6) is 0 Å². The lowest BCUT2D eigenvalue weighted by atomic mass is 9.44. The van der Waals surface area contributed by atoms with Crippen LogP contribution in [0.1, 0.15) is 125 Å². The fourth-order valence-electron chi connectivity index (χ4n) is 10.9. The average Bonchev–Trinajstić information content (AvgIpc) is 3.26. The largest absolute Gasteiger partial charge is 0.330 e. The summed E-state index contributed by atoms with van der Waals surface area (Å²) in [7, 11) is -3.98. The summed E-state index contributed by atoms with van der Waals surface area (Å²) in [6.45, 7) is 15.6. The van der Waals surface area contributed by atoms with Crippen molar-refractivity contribution in [1.82, 2.24) is 10.6 Å². The third-order valence-corrected chi connectivity index (χ3v) is 14.8. The Kier molecular flexibility index (Phi) is 11.7. The first kappa shape index (κ1) is 33.7. The Morgan fingerprint density at radius 1 is 0.854 bits per heavy atom.